The van der Waals surface area contributed by atoms with Crippen molar-refractivity contribution in [2.24, 2.45) is 5.73 Å². The highest BCUT2D eigenvalue weighted by molar-refractivity contribution is 7.07. The van der Waals surface area contributed by atoms with Gasteiger partial charge in [-0.05, 0) is 35.2 Å². The smallest absolute Gasteiger partial charge is 0.0620 e. The average Bonchev–Trinajstić information content (AvgIpc) is 2.57. The molecule has 0 aliphatic rings. The van der Waals surface area contributed by atoms with Gasteiger partial charge < -0.3 is 10.5 Å². The van der Waals surface area contributed by atoms with E-state index in [1.165, 1.54) is 5.56 Å². The summed E-state index contributed by atoms with van der Waals surface area (Å²) in [5.41, 5.74) is 7.20. The van der Waals surface area contributed by atoms with Crippen molar-refractivity contribution in [3.63, 3.8) is 0 Å². The summed E-state index contributed by atoms with van der Waals surface area (Å²) in [6.07, 6.45) is 1.98. The second kappa shape index (κ2) is 6.13. The first kappa shape index (κ1) is 10.7. The van der Waals surface area contributed by atoms with Crippen LogP contribution < -0.4 is 5.73 Å². The lowest BCUT2D eigenvalue weighted by Gasteiger charge is -2.10. The zero-order valence-electron chi connectivity index (χ0n) is 8.03. The summed E-state index contributed by atoms with van der Waals surface area (Å²) in [4.78, 5) is 0. The highest BCUT2D eigenvalue weighted by Gasteiger charge is 2.03. The molecular weight excluding hydrogens is 182 g/mol. The van der Waals surface area contributed by atoms with Crippen molar-refractivity contribution in [3.8, 4) is 0 Å². The number of nitrogens with two attached hydrogens (primary N) is 1. The van der Waals surface area contributed by atoms with Crippen LogP contribution >= 0.6 is 11.3 Å². The molecule has 74 valence electrons. The molecule has 2 nitrogen and oxygen atoms in total. The Morgan fingerprint density at radius 1 is 1.62 bits per heavy atom. The van der Waals surface area contributed by atoms with Crippen molar-refractivity contribution in [3.05, 3.63) is 22.4 Å². The minimum absolute atomic E-state index is 0.140. The third kappa shape index (κ3) is 4.41. The molecule has 1 atom stereocenters. The second-order valence-corrected chi connectivity index (χ2v) is 3.95. The molecule has 0 aliphatic heterocycles. The first-order chi connectivity index (χ1) is 6.33. The zero-order valence-corrected chi connectivity index (χ0v) is 8.85. The van der Waals surface area contributed by atoms with E-state index in [0.717, 1.165) is 19.4 Å². The minimum Gasteiger partial charge on any atom is -0.380 e. The van der Waals surface area contributed by atoms with Gasteiger partial charge in [-0.2, -0.15) is 11.3 Å². The fourth-order valence-corrected chi connectivity index (χ4v) is 1.83. The Morgan fingerprint density at radius 2 is 2.46 bits per heavy atom. The molecule has 1 aromatic heterocycles. The van der Waals surface area contributed by atoms with E-state index in [0.29, 0.717) is 6.61 Å². The molecule has 0 saturated carbocycles. The summed E-state index contributed by atoms with van der Waals surface area (Å²) < 4.78 is 5.37. The lowest BCUT2D eigenvalue weighted by Crippen LogP contribution is -2.28. The Hall–Kier alpha value is -0.380. The van der Waals surface area contributed by atoms with Crippen LogP contribution in [-0.2, 0) is 11.2 Å². The fourth-order valence-electron chi connectivity index (χ4n) is 1.15. The quantitative estimate of drug-likeness (QED) is 0.712. The SMILES string of the molecule is CCCOCC(N)Cc1ccsc1. The molecule has 0 saturated heterocycles. The van der Waals surface area contributed by atoms with Crippen molar-refractivity contribution in [1.29, 1.82) is 0 Å². The number of hydrogen-bond acceptors (Lipinski definition) is 3. The van der Waals surface area contributed by atoms with Crippen molar-refractivity contribution >= 4 is 11.3 Å². The summed E-state index contributed by atoms with van der Waals surface area (Å²) in [6.45, 7) is 3.59. The normalized spacial score (nSPS) is 13.1. The van der Waals surface area contributed by atoms with Gasteiger partial charge in [0.05, 0.1) is 6.61 Å². The van der Waals surface area contributed by atoms with Crippen LogP contribution in [-0.4, -0.2) is 19.3 Å². The molecular formula is C10H17NOS. The van der Waals surface area contributed by atoms with Gasteiger partial charge in [0.15, 0.2) is 0 Å². The van der Waals surface area contributed by atoms with E-state index in [4.69, 9.17) is 10.5 Å². The van der Waals surface area contributed by atoms with Crippen LogP contribution in [0.3, 0.4) is 0 Å². The lowest BCUT2D eigenvalue weighted by atomic mass is 10.1. The fraction of sp³-hybridized carbons (Fsp3) is 0.600. The van der Waals surface area contributed by atoms with Crippen molar-refractivity contribution in [2.45, 2.75) is 25.8 Å². The van der Waals surface area contributed by atoms with Gasteiger partial charge in [0.1, 0.15) is 0 Å². The lowest BCUT2D eigenvalue weighted by molar-refractivity contribution is 0.121. The van der Waals surface area contributed by atoms with Crippen LogP contribution in [0, 0.1) is 0 Å². The predicted octanol–water partition coefficient (Wildman–Crippen LogP) is 2.04. The maximum atomic E-state index is 5.89. The largest absolute Gasteiger partial charge is 0.380 e. The van der Waals surface area contributed by atoms with E-state index in [2.05, 4.69) is 23.8 Å². The predicted molar refractivity (Wildman–Crippen MR) is 57.1 cm³/mol. The second-order valence-electron chi connectivity index (χ2n) is 3.17. The summed E-state index contributed by atoms with van der Waals surface area (Å²) in [7, 11) is 0. The standard InChI is InChI=1S/C10H17NOS/c1-2-4-12-7-10(11)6-9-3-5-13-8-9/h3,5,8,10H,2,4,6-7,11H2,1H3. The average molecular weight is 199 g/mol. The van der Waals surface area contributed by atoms with E-state index < -0.39 is 0 Å². The highest BCUT2D eigenvalue weighted by Crippen LogP contribution is 2.07. The summed E-state index contributed by atoms with van der Waals surface area (Å²) in [6, 6.07) is 2.26. The number of ether oxygens (including phenoxy) is 1. The van der Waals surface area contributed by atoms with E-state index in [1.54, 1.807) is 11.3 Å². The maximum Gasteiger partial charge on any atom is 0.0620 e. The van der Waals surface area contributed by atoms with Crippen molar-refractivity contribution in [1.82, 2.24) is 0 Å². The third-order valence-corrected chi connectivity index (χ3v) is 2.49. The number of rotatable bonds is 6. The van der Waals surface area contributed by atoms with Gasteiger partial charge in [-0.25, -0.2) is 0 Å². The van der Waals surface area contributed by atoms with Gasteiger partial charge >= 0.3 is 0 Å². The molecule has 0 spiro atoms. The Morgan fingerprint density at radius 3 is 3.08 bits per heavy atom. The molecule has 1 unspecified atom stereocenters. The Balaban J connectivity index is 2.14. The molecule has 0 aliphatic carbocycles. The molecule has 0 bridgehead atoms. The molecule has 1 rings (SSSR count). The van der Waals surface area contributed by atoms with Crippen LogP contribution in [0.15, 0.2) is 16.8 Å². The van der Waals surface area contributed by atoms with E-state index in [1.807, 2.05) is 0 Å². The van der Waals surface area contributed by atoms with Crippen LogP contribution in [0.1, 0.15) is 18.9 Å². The number of thiophene rings is 1. The van der Waals surface area contributed by atoms with Gasteiger partial charge in [-0.3, -0.25) is 0 Å². The van der Waals surface area contributed by atoms with Gasteiger partial charge in [0.2, 0.25) is 0 Å². The molecule has 0 fully saturated rings. The number of hydrogen-bond donors (Lipinski definition) is 1. The topological polar surface area (TPSA) is 35.2 Å². The van der Waals surface area contributed by atoms with Crippen LogP contribution in [0.2, 0.25) is 0 Å². The van der Waals surface area contributed by atoms with Gasteiger partial charge in [-0.15, -0.1) is 0 Å². The van der Waals surface area contributed by atoms with Gasteiger partial charge in [-0.1, -0.05) is 6.92 Å². The van der Waals surface area contributed by atoms with E-state index >= 15 is 0 Å². The van der Waals surface area contributed by atoms with E-state index in [-0.39, 0.29) is 6.04 Å². The van der Waals surface area contributed by atoms with Crippen LogP contribution in [0.4, 0.5) is 0 Å². The van der Waals surface area contributed by atoms with Crippen LogP contribution in [0.5, 0.6) is 0 Å². The van der Waals surface area contributed by atoms with Gasteiger partial charge in [0.25, 0.3) is 0 Å². The van der Waals surface area contributed by atoms with Crippen molar-refractivity contribution < 1.29 is 4.74 Å². The molecule has 0 aromatic carbocycles. The molecule has 1 aromatic rings. The van der Waals surface area contributed by atoms with Crippen LogP contribution in [0.25, 0.3) is 0 Å². The molecule has 0 radical (unpaired) electrons. The third-order valence-electron chi connectivity index (χ3n) is 1.76. The molecule has 13 heavy (non-hydrogen) atoms. The Labute approximate surface area is 83.7 Å². The minimum atomic E-state index is 0.140. The Bertz CT molecular complexity index is 211. The van der Waals surface area contributed by atoms with E-state index in [9.17, 15) is 0 Å². The Kier molecular flexibility index (Phi) is 5.05. The first-order valence-electron chi connectivity index (χ1n) is 4.67. The zero-order chi connectivity index (χ0) is 9.52. The summed E-state index contributed by atoms with van der Waals surface area (Å²) in [5.74, 6) is 0. The maximum absolute atomic E-state index is 5.89. The molecule has 0 amide bonds. The summed E-state index contributed by atoms with van der Waals surface area (Å²) >= 11 is 1.71. The highest BCUT2D eigenvalue weighted by atomic mass is 32.1. The van der Waals surface area contributed by atoms with Crippen molar-refractivity contribution in [2.75, 3.05) is 13.2 Å². The molecule has 3 heteroatoms. The molecule has 2 N–H and O–H groups in total. The monoisotopic (exact) mass is 199 g/mol. The summed E-state index contributed by atoms with van der Waals surface area (Å²) in [5, 5.41) is 4.22. The van der Waals surface area contributed by atoms with Gasteiger partial charge in [0, 0.05) is 12.6 Å². The molecule has 1 heterocycles. The first-order valence-corrected chi connectivity index (χ1v) is 5.61.